The Morgan fingerprint density at radius 3 is 2.25 bits per heavy atom. The second-order valence-corrected chi connectivity index (χ2v) is 2.16. The first-order valence-electron chi connectivity index (χ1n) is 2.96. The molecule has 1 aliphatic rings. The summed E-state index contributed by atoms with van der Waals surface area (Å²) in [5.41, 5.74) is 0. The molecule has 48 valence electrons. The smallest absolute Gasteiger partial charge is 0.0120 e. The second kappa shape index (κ2) is 2.44. The average molecular weight is 115 g/mol. The highest BCUT2D eigenvalue weighted by molar-refractivity contribution is 4.60. The third-order valence-corrected chi connectivity index (χ3v) is 1.46. The predicted molar refractivity (Wildman–Crippen MR) is 31.9 cm³/mol. The highest BCUT2D eigenvalue weighted by Gasteiger charge is 2.05. The molecule has 0 aliphatic carbocycles. The maximum Gasteiger partial charge on any atom is 0.0120 e. The molecular formula is C5H11N2O-. The molecule has 3 heteroatoms. The first-order chi connectivity index (χ1) is 3.80. The van der Waals surface area contributed by atoms with E-state index in [4.69, 9.17) is 0 Å². The summed E-state index contributed by atoms with van der Waals surface area (Å²) in [5.74, 6) is 0. The molecule has 0 amide bonds. The molecule has 1 fully saturated rings. The van der Waals surface area contributed by atoms with E-state index in [-0.39, 0.29) is 0 Å². The molecular weight excluding hydrogens is 104 g/mol. The van der Waals surface area contributed by atoms with Gasteiger partial charge in [0.05, 0.1) is 0 Å². The zero-order chi connectivity index (χ0) is 5.98. The minimum atomic E-state index is 0.677. The van der Waals surface area contributed by atoms with E-state index in [1.54, 1.807) is 5.01 Å². The maximum atomic E-state index is 10.6. The number of hydrogen-bond acceptors (Lipinski definition) is 3. The van der Waals surface area contributed by atoms with E-state index in [1.807, 2.05) is 7.05 Å². The topological polar surface area (TPSA) is 29.5 Å². The van der Waals surface area contributed by atoms with Crippen molar-refractivity contribution in [3.05, 3.63) is 5.21 Å². The molecule has 0 unspecified atom stereocenters. The lowest BCUT2D eigenvalue weighted by Crippen LogP contribution is -2.40. The van der Waals surface area contributed by atoms with Crippen LogP contribution >= 0.6 is 0 Å². The van der Waals surface area contributed by atoms with Gasteiger partial charge in [-0.15, -0.1) is 0 Å². The van der Waals surface area contributed by atoms with Crippen molar-refractivity contribution in [3.63, 3.8) is 0 Å². The van der Waals surface area contributed by atoms with Crippen LogP contribution in [-0.2, 0) is 0 Å². The average Bonchev–Trinajstić information content (AvgIpc) is 1.77. The van der Waals surface area contributed by atoms with Gasteiger partial charge in [0.2, 0.25) is 0 Å². The molecule has 0 saturated carbocycles. The van der Waals surface area contributed by atoms with Gasteiger partial charge in [-0.25, -0.2) is 0 Å². The third kappa shape index (κ3) is 1.18. The van der Waals surface area contributed by atoms with Gasteiger partial charge in [0, 0.05) is 13.6 Å². The predicted octanol–water partition coefficient (Wildman–Crippen LogP) is 0.427. The Balaban J connectivity index is 2.28. The number of nitrogens with zero attached hydrogens (tertiary/aromatic N) is 2. The molecule has 0 aromatic rings. The maximum absolute atomic E-state index is 10.6. The lowest BCUT2D eigenvalue weighted by atomic mass is 10.3. The lowest BCUT2D eigenvalue weighted by Gasteiger charge is -2.40. The molecule has 8 heavy (non-hydrogen) atoms. The van der Waals surface area contributed by atoms with E-state index >= 15 is 0 Å². The van der Waals surface area contributed by atoms with Crippen molar-refractivity contribution in [1.29, 1.82) is 0 Å². The van der Waals surface area contributed by atoms with Crippen molar-refractivity contribution in [1.82, 2.24) is 10.2 Å². The Bertz CT molecular complexity index is 66.8. The number of hydrogen-bond donors (Lipinski definition) is 0. The summed E-state index contributed by atoms with van der Waals surface area (Å²) in [6.45, 7) is 1.60. The summed E-state index contributed by atoms with van der Waals surface area (Å²) in [4.78, 5) is 0. The fraction of sp³-hybridized carbons (Fsp3) is 1.00. The van der Waals surface area contributed by atoms with Crippen LogP contribution in [0.2, 0.25) is 0 Å². The summed E-state index contributed by atoms with van der Waals surface area (Å²) in [6.07, 6.45) is 2.21. The molecule has 0 N–H and O–H groups in total. The molecule has 1 rings (SSSR count). The van der Waals surface area contributed by atoms with Crippen molar-refractivity contribution < 1.29 is 0 Å². The van der Waals surface area contributed by atoms with Gasteiger partial charge < -0.3 is 10.4 Å². The molecule has 1 aliphatic heterocycles. The molecule has 1 saturated heterocycles. The number of hydroxylamine groups is 1. The van der Waals surface area contributed by atoms with Gasteiger partial charge in [-0.1, -0.05) is 0 Å². The van der Waals surface area contributed by atoms with Crippen LogP contribution in [0.4, 0.5) is 0 Å². The van der Waals surface area contributed by atoms with Gasteiger partial charge in [-0.05, 0) is 19.4 Å². The summed E-state index contributed by atoms with van der Waals surface area (Å²) < 4.78 is 0. The molecule has 1 heterocycles. The van der Waals surface area contributed by atoms with Gasteiger partial charge in [0.25, 0.3) is 0 Å². The van der Waals surface area contributed by atoms with Crippen LogP contribution in [0.1, 0.15) is 12.8 Å². The van der Waals surface area contributed by atoms with E-state index in [2.05, 4.69) is 0 Å². The molecule has 0 radical (unpaired) electrons. The molecule has 3 nitrogen and oxygen atoms in total. The minimum Gasteiger partial charge on any atom is -0.772 e. The zero-order valence-electron chi connectivity index (χ0n) is 5.13. The Hall–Kier alpha value is -0.120. The third-order valence-electron chi connectivity index (χ3n) is 1.46. The Kier molecular flexibility index (Phi) is 1.83. The van der Waals surface area contributed by atoms with Crippen molar-refractivity contribution in [2.24, 2.45) is 0 Å². The van der Waals surface area contributed by atoms with Gasteiger partial charge >= 0.3 is 0 Å². The van der Waals surface area contributed by atoms with Crippen LogP contribution < -0.4 is 0 Å². The van der Waals surface area contributed by atoms with E-state index in [0.717, 1.165) is 24.6 Å². The normalized spacial score (nSPS) is 26.2. The summed E-state index contributed by atoms with van der Waals surface area (Å²) in [7, 11) is 1.83. The fourth-order valence-corrected chi connectivity index (χ4v) is 0.870. The van der Waals surface area contributed by atoms with Crippen molar-refractivity contribution in [2.75, 3.05) is 20.1 Å². The first-order valence-corrected chi connectivity index (χ1v) is 2.96. The highest BCUT2D eigenvalue weighted by atomic mass is 16.5. The SMILES string of the molecule is CN1CCCCN1[O-]. The van der Waals surface area contributed by atoms with Crippen LogP contribution in [0.3, 0.4) is 0 Å². The second-order valence-electron chi connectivity index (χ2n) is 2.16. The van der Waals surface area contributed by atoms with E-state index in [0.29, 0.717) is 6.54 Å². The summed E-state index contributed by atoms with van der Waals surface area (Å²) in [5, 5.41) is 13.4. The lowest BCUT2D eigenvalue weighted by molar-refractivity contribution is 0.0214. The van der Waals surface area contributed by atoms with Crippen LogP contribution in [0, 0.1) is 5.21 Å². The molecule has 0 aromatic carbocycles. The standard InChI is InChI=1S/C5H11N2O/c1-6-4-2-3-5-7(6)8/h2-5H2,1H3/q-1. The van der Waals surface area contributed by atoms with Crippen molar-refractivity contribution in [2.45, 2.75) is 12.8 Å². The van der Waals surface area contributed by atoms with Gasteiger partial charge in [0.1, 0.15) is 0 Å². The number of rotatable bonds is 0. The largest absolute Gasteiger partial charge is 0.772 e. The monoisotopic (exact) mass is 115 g/mol. The van der Waals surface area contributed by atoms with Gasteiger partial charge in [-0.3, -0.25) is 5.01 Å². The van der Waals surface area contributed by atoms with Gasteiger partial charge in [0.15, 0.2) is 0 Å². The van der Waals surface area contributed by atoms with E-state index < -0.39 is 0 Å². The van der Waals surface area contributed by atoms with E-state index in [9.17, 15) is 5.21 Å². The van der Waals surface area contributed by atoms with E-state index in [1.165, 1.54) is 0 Å². The summed E-state index contributed by atoms with van der Waals surface area (Å²) in [6, 6.07) is 0. The highest BCUT2D eigenvalue weighted by Crippen LogP contribution is 2.04. The fourth-order valence-electron chi connectivity index (χ4n) is 0.870. The van der Waals surface area contributed by atoms with Crippen molar-refractivity contribution in [3.8, 4) is 0 Å². The van der Waals surface area contributed by atoms with Gasteiger partial charge in [-0.2, -0.15) is 0 Å². The Morgan fingerprint density at radius 1 is 1.25 bits per heavy atom. The van der Waals surface area contributed by atoms with Crippen molar-refractivity contribution >= 4 is 0 Å². The molecule has 0 aromatic heterocycles. The van der Waals surface area contributed by atoms with Crippen LogP contribution in [0.15, 0.2) is 0 Å². The first kappa shape index (κ1) is 6.01. The summed E-state index contributed by atoms with van der Waals surface area (Å²) >= 11 is 0. The minimum absolute atomic E-state index is 0.677. The Labute approximate surface area is 49.4 Å². The van der Waals surface area contributed by atoms with Crippen LogP contribution in [0.5, 0.6) is 0 Å². The molecule has 0 bridgehead atoms. The van der Waals surface area contributed by atoms with Crippen LogP contribution in [-0.4, -0.2) is 30.3 Å². The number of hydrazine groups is 1. The Morgan fingerprint density at radius 2 is 1.88 bits per heavy atom. The zero-order valence-corrected chi connectivity index (χ0v) is 5.13. The molecule has 0 atom stereocenters. The van der Waals surface area contributed by atoms with Crippen LogP contribution in [0.25, 0.3) is 0 Å². The molecule has 0 spiro atoms. The quantitative estimate of drug-likeness (QED) is 0.458.